The Hall–Kier alpha value is -2.20. The fourth-order valence-electron chi connectivity index (χ4n) is 2.44. The van der Waals surface area contributed by atoms with Gasteiger partial charge >= 0.3 is 0 Å². The number of rotatable bonds is 2. The Morgan fingerprint density at radius 3 is 2.75 bits per heavy atom. The molecule has 1 aliphatic heterocycles. The fraction of sp³-hybridized carbons (Fsp3) is 0.250. The summed E-state index contributed by atoms with van der Waals surface area (Å²) in [4.78, 5) is 18.2. The highest BCUT2D eigenvalue weighted by molar-refractivity contribution is 5.94. The largest absolute Gasteiger partial charge is 0.349 e. The molecular weight excluding hydrogens is 252 g/mol. The van der Waals surface area contributed by atoms with Gasteiger partial charge in [0.1, 0.15) is 12.3 Å². The molecule has 2 atom stereocenters. The minimum atomic E-state index is -0.229. The molecule has 0 bridgehead atoms. The summed E-state index contributed by atoms with van der Waals surface area (Å²) in [6.07, 6.45) is 2.96. The molecule has 2 aromatic rings. The first kappa shape index (κ1) is 12.8. The van der Waals surface area contributed by atoms with Crippen LogP contribution in [0.2, 0.25) is 0 Å². The maximum Gasteiger partial charge on any atom is 0.257 e. The van der Waals surface area contributed by atoms with Gasteiger partial charge in [0.15, 0.2) is 0 Å². The third-order valence-electron chi connectivity index (χ3n) is 3.50. The topological polar surface area (TPSA) is 42.4 Å². The molecule has 0 N–H and O–H groups in total. The molecule has 1 aromatic heterocycles. The molecule has 1 amide bonds. The van der Waals surface area contributed by atoms with E-state index in [2.05, 4.69) is 4.98 Å². The van der Waals surface area contributed by atoms with Crippen LogP contribution in [0.15, 0.2) is 54.9 Å². The number of ether oxygens (including phenoxy) is 1. The fourth-order valence-corrected chi connectivity index (χ4v) is 2.44. The third-order valence-corrected chi connectivity index (χ3v) is 3.50. The van der Waals surface area contributed by atoms with E-state index in [1.54, 1.807) is 29.4 Å². The normalized spacial score (nSPS) is 21.9. The summed E-state index contributed by atoms with van der Waals surface area (Å²) >= 11 is 0. The lowest BCUT2D eigenvalue weighted by atomic mass is 10.1. The van der Waals surface area contributed by atoms with Gasteiger partial charge in [0.25, 0.3) is 5.91 Å². The lowest BCUT2D eigenvalue weighted by molar-refractivity contribution is 0.0137. The lowest BCUT2D eigenvalue weighted by Gasteiger charge is -2.19. The molecule has 2 heterocycles. The van der Waals surface area contributed by atoms with Crippen LogP contribution in [-0.4, -0.2) is 28.6 Å². The van der Waals surface area contributed by atoms with Gasteiger partial charge in [-0.3, -0.25) is 9.78 Å². The van der Waals surface area contributed by atoms with E-state index in [1.807, 2.05) is 37.3 Å². The van der Waals surface area contributed by atoms with Gasteiger partial charge in [0.2, 0.25) is 0 Å². The number of nitrogens with zero attached hydrogens (tertiary/aromatic N) is 2. The average molecular weight is 268 g/mol. The highest BCUT2D eigenvalue weighted by Gasteiger charge is 2.34. The monoisotopic (exact) mass is 268 g/mol. The molecule has 102 valence electrons. The van der Waals surface area contributed by atoms with E-state index < -0.39 is 0 Å². The predicted molar refractivity (Wildman–Crippen MR) is 75.0 cm³/mol. The van der Waals surface area contributed by atoms with Crippen molar-refractivity contribution in [2.45, 2.75) is 19.3 Å². The number of carbonyl (C=O) groups excluding carboxylic acids is 1. The Labute approximate surface area is 118 Å². The van der Waals surface area contributed by atoms with Crippen LogP contribution in [0.4, 0.5) is 0 Å². The molecule has 0 aliphatic carbocycles. The number of hydrogen-bond donors (Lipinski definition) is 0. The summed E-state index contributed by atoms with van der Waals surface area (Å²) in [5.74, 6) is -0.0379. The van der Waals surface area contributed by atoms with Crippen molar-refractivity contribution in [1.29, 1.82) is 0 Å². The van der Waals surface area contributed by atoms with Crippen molar-refractivity contribution >= 4 is 5.91 Å². The Balaban J connectivity index is 1.78. The first-order valence-corrected chi connectivity index (χ1v) is 6.67. The summed E-state index contributed by atoms with van der Waals surface area (Å²) in [6.45, 7) is 2.47. The van der Waals surface area contributed by atoms with Crippen LogP contribution in [0.25, 0.3) is 0 Å². The van der Waals surface area contributed by atoms with Crippen LogP contribution in [-0.2, 0) is 4.74 Å². The molecule has 20 heavy (non-hydrogen) atoms. The zero-order valence-electron chi connectivity index (χ0n) is 11.3. The average Bonchev–Trinajstić information content (AvgIpc) is 2.90. The molecule has 1 aromatic carbocycles. The Morgan fingerprint density at radius 1 is 1.25 bits per heavy atom. The Bertz CT molecular complexity index is 586. The zero-order chi connectivity index (χ0) is 13.9. The molecular formula is C16H16N2O2. The van der Waals surface area contributed by atoms with Crippen molar-refractivity contribution in [2.75, 3.05) is 6.54 Å². The van der Waals surface area contributed by atoms with Crippen molar-refractivity contribution in [3.63, 3.8) is 0 Å². The Kier molecular flexibility index (Phi) is 3.48. The van der Waals surface area contributed by atoms with E-state index in [0.29, 0.717) is 12.1 Å². The second-order valence-electron chi connectivity index (χ2n) is 4.83. The van der Waals surface area contributed by atoms with E-state index in [1.165, 1.54) is 0 Å². The van der Waals surface area contributed by atoms with Gasteiger partial charge in [-0.2, -0.15) is 0 Å². The van der Waals surface area contributed by atoms with Gasteiger partial charge in [-0.25, -0.2) is 0 Å². The van der Waals surface area contributed by atoms with Crippen molar-refractivity contribution < 1.29 is 9.53 Å². The SMILES string of the molecule is CC1OC(c2ccccc2)CN1C(=O)c1cccnc1. The van der Waals surface area contributed by atoms with Crippen LogP contribution in [0.3, 0.4) is 0 Å². The van der Waals surface area contributed by atoms with E-state index >= 15 is 0 Å². The van der Waals surface area contributed by atoms with Crippen LogP contribution in [0, 0.1) is 0 Å². The molecule has 1 aliphatic rings. The van der Waals surface area contributed by atoms with E-state index in [9.17, 15) is 4.79 Å². The van der Waals surface area contributed by atoms with E-state index in [-0.39, 0.29) is 18.2 Å². The van der Waals surface area contributed by atoms with Crippen molar-refractivity contribution in [3.05, 3.63) is 66.0 Å². The van der Waals surface area contributed by atoms with Gasteiger partial charge < -0.3 is 9.64 Å². The Morgan fingerprint density at radius 2 is 2.05 bits per heavy atom. The first-order chi connectivity index (χ1) is 9.75. The van der Waals surface area contributed by atoms with Crippen LogP contribution >= 0.6 is 0 Å². The standard InChI is InChI=1S/C16H16N2O2/c1-12-18(16(19)14-8-5-9-17-10-14)11-15(20-12)13-6-3-2-4-7-13/h2-10,12,15H,11H2,1H3. The molecule has 0 radical (unpaired) electrons. The van der Waals surface area contributed by atoms with Crippen LogP contribution in [0.1, 0.15) is 28.9 Å². The number of hydrogen-bond acceptors (Lipinski definition) is 3. The maximum atomic E-state index is 12.4. The number of pyridine rings is 1. The van der Waals surface area contributed by atoms with Crippen LogP contribution in [0.5, 0.6) is 0 Å². The van der Waals surface area contributed by atoms with Gasteiger partial charge in [0.05, 0.1) is 12.1 Å². The number of amides is 1. The first-order valence-electron chi connectivity index (χ1n) is 6.67. The predicted octanol–water partition coefficient (Wildman–Crippen LogP) is 2.64. The molecule has 4 nitrogen and oxygen atoms in total. The van der Waals surface area contributed by atoms with E-state index in [0.717, 1.165) is 5.56 Å². The summed E-state index contributed by atoms with van der Waals surface area (Å²) in [6, 6.07) is 13.5. The maximum absolute atomic E-state index is 12.4. The second-order valence-corrected chi connectivity index (χ2v) is 4.83. The van der Waals surface area contributed by atoms with Gasteiger partial charge in [0, 0.05) is 12.4 Å². The molecule has 3 rings (SSSR count). The summed E-state index contributed by atoms with van der Waals surface area (Å²) in [5, 5.41) is 0. The molecule has 1 saturated heterocycles. The van der Waals surface area contributed by atoms with Crippen molar-refractivity contribution in [2.24, 2.45) is 0 Å². The summed E-state index contributed by atoms with van der Waals surface area (Å²) in [5.41, 5.74) is 1.69. The summed E-state index contributed by atoms with van der Waals surface area (Å²) in [7, 11) is 0. The smallest absolute Gasteiger partial charge is 0.257 e. The number of carbonyl (C=O) groups is 1. The quantitative estimate of drug-likeness (QED) is 0.841. The molecule has 1 fully saturated rings. The van der Waals surface area contributed by atoms with E-state index in [4.69, 9.17) is 4.74 Å². The van der Waals surface area contributed by atoms with Gasteiger partial charge in [-0.15, -0.1) is 0 Å². The summed E-state index contributed by atoms with van der Waals surface area (Å²) < 4.78 is 5.89. The molecule has 4 heteroatoms. The van der Waals surface area contributed by atoms with Crippen LogP contribution < -0.4 is 0 Å². The highest BCUT2D eigenvalue weighted by Crippen LogP contribution is 2.29. The number of aromatic nitrogens is 1. The lowest BCUT2D eigenvalue weighted by Crippen LogP contribution is -2.34. The number of benzene rings is 1. The zero-order valence-corrected chi connectivity index (χ0v) is 11.3. The minimum absolute atomic E-state index is 0.0379. The van der Waals surface area contributed by atoms with Gasteiger partial charge in [-0.1, -0.05) is 30.3 Å². The second kappa shape index (κ2) is 5.43. The van der Waals surface area contributed by atoms with Crippen molar-refractivity contribution in [3.8, 4) is 0 Å². The van der Waals surface area contributed by atoms with Gasteiger partial charge in [-0.05, 0) is 24.6 Å². The minimum Gasteiger partial charge on any atom is -0.349 e. The highest BCUT2D eigenvalue weighted by atomic mass is 16.5. The molecule has 0 saturated carbocycles. The van der Waals surface area contributed by atoms with Crippen molar-refractivity contribution in [1.82, 2.24) is 9.88 Å². The molecule has 0 spiro atoms. The third kappa shape index (κ3) is 2.42. The molecule has 2 unspecified atom stereocenters.